The van der Waals surface area contributed by atoms with Gasteiger partial charge in [0, 0.05) is 25.5 Å². The molecule has 1 aliphatic heterocycles. The number of nitrogens with zero attached hydrogens (tertiary/aromatic N) is 3. The highest BCUT2D eigenvalue weighted by Crippen LogP contribution is 2.37. The van der Waals surface area contributed by atoms with E-state index < -0.39 is 29.8 Å². The van der Waals surface area contributed by atoms with Crippen molar-refractivity contribution in [3.63, 3.8) is 0 Å². The maximum absolute atomic E-state index is 13.4. The minimum absolute atomic E-state index is 0.175. The fourth-order valence-corrected chi connectivity index (χ4v) is 3.39. The summed E-state index contributed by atoms with van der Waals surface area (Å²) < 4.78 is 45.4. The first-order chi connectivity index (χ1) is 12.5. The van der Waals surface area contributed by atoms with Crippen LogP contribution in [0.4, 0.5) is 23.7 Å². The van der Waals surface area contributed by atoms with E-state index in [1.165, 1.54) is 17.3 Å². The van der Waals surface area contributed by atoms with Crippen LogP contribution in [0.1, 0.15) is 27.2 Å². The molecule has 1 aliphatic rings. The first-order valence-electron chi connectivity index (χ1n) is 8.30. The van der Waals surface area contributed by atoms with E-state index in [1.54, 1.807) is 26.8 Å². The van der Waals surface area contributed by atoms with E-state index in [9.17, 15) is 18.0 Å². The van der Waals surface area contributed by atoms with Crippen LogP contribution in [-0.2, 0) is 4.74 Å². The lowest BCUT2D eigenvalue weighted by Gasteiger charge is -2.40. The summed E-state index contributed by atoms with van der Waals surface area (Å²) in [4.78, 5) is 17.9. The number of piperidine rings is 1. The van der Waals surface area contributed by atoms with Gasteiger partial charge >= 0.3 is 12.3 Å². The molecule has 1 aromatic heterocycles. The Morgan fingerprint density at radius 3 is 2.70 bits per heavy atom. The molecule has 1 saturated heterocycles. The highest BCUT2D eigenvalue weighted by atomic mass is 32.2. The maximum atomic E-state index is 13.4. The van der Waals surface area contributed by atoms with Crippen LogP contribution in [0.15, 0.2) is 23.4 Å². The first kappa shape index (κ1) is 21.2. The van der Waals surface area contributed by atoms with Crippen molar-refractivity contribution in [1.29, 1.82) is 5.26 Å². The van der Waals surface area contributed by atoms with Gasteiger partial charge < -0.3 is 15.0 Å². The van der Waals surface area contributed by atoms with E-state index >= 15 is 0 Å². The quantitative estimate of drug-likeness (QED) is 0.610. The van der Waals surface area contributed by atoms with E-state index in [0.29, 0.717) is 10.6 Å². The Morgan fingerprint density at radius 2 is 2.11 bits per heavy atom. The highest BCUT2D eigenvalue weighted by molar-refractivity contribution is 8.03. The molecular formula is C17H21F3N4O2S. The van der Waals surface area contributed by atoms with Crippen molar-refractivity contribution < 1.29 is 22.7 Å². The van der Waals surface area contributed by atoms with E-state index in [1.807, 2.05) is 5.40 Å². The highest BCUT2D eigenvalue weighted by Gasteiger charge is 2.45. The molecule has 1 aromatic rings. The summed E-state index contributed by atoms with van der Waals surface area (Å²) in [5, 5.41) is 13.4. The van der Waals surface area contributed by atoms with Gasteiger partial charge in [-0.25, -0.2) is 4.79 Å². The SMILES string of the molecule is CC(C)(C)OC(=O)NC1CC(C(F)(F)F)CN(c2ccncc2SC#N)C1. The molecule has 1 fully saturated rings. The van der Waals surface area contributed by atoms with E-state index in [4.69, 9.17) is 10.00 Å². The van der Waals surface area contributed by atoms with E-state index in [0.717, 1.165) is 11.8 Å². The predicted molar refractivity (Wildman–Crippen MR) is 95.2 cm³/mol. The number of ether oxygens (including phenoxy) is 1. The fraction of sp³-hybridized carbons (Fsp3) is 0.588. The molecule has 27 heavy (non-hydrogen) atoms. The Bertz CT molecular complexity index is 715. The molecule has 0 aliphatic carbocycles. The Balaban J connectivity index is 2.23. The normalized spacial score (nSPS) is 20.7. The van der Waals surface area contributed by atoms with Gasteiger partial charge in [-0.15, -0.1) is 0 Å². The third-order valence-electron chi connectivity index (χ3n) is 3.89. The van der Waals surface area contributed by atoms with Crippen molar-refractivity contribution in [2.75, 3.05) is 18.0 Å². The number of aromatic nitrogens is 1. The number of anilines is 1. The smallest absolute Gasteiger partial charge is 0.407 e. The molecule has 2 rings (SSSR count). The average Bonchev–Trinajstić information content (AvgIpc) is 2.52. The van der Waals surface area contributed by atoms with Crippen molar-refractivity contribution >= 4 is 23.5 Å². The minimum atomic E-state index is -4.40. The zero-order valence-electron chi connectivity index (χ0n) is 15.2. The molecule has 0 spiro atoms. The van der Waals surface area contributed by atoms with Crippen LogP contribution in [0.5, 0.6) is 0 Å². The second-order valence-electron chi connectivity index (χ2n) is 7.26. The molecule has 6 nitrogen and oxygen atoms in total. The van der Waals surface area contributed by atoms with Gasteiger partial charge in [-0.2, -0.15) is 18.4 Å². The maximum Gasteiger partial charge on any atom is 0.407 e. The van der Waals surface area contributed by atoms with Crippen molar-refractivity contribution in [2.45, 2.75) is 49.9 Å². The molecule has 0 saturated carbocycles. The molecule has 0 aromatic carbocycles. The van der Waals surface area contributed by atoms with Crippen LogP contribution in [-0.4, -0.2) is 42.0 Å². The number of thiocyanates is 1. The Kier molecular flexibility index (Phi) is 6.46. The zero-order valence-corrected chi connectivity index (χ0v) is 16.0. The van der Waals surface area contributed by atoms with Crippen LogP contribution >= 0.6 is 11.8 Å². The average molecular weight is 402 g/mol. The molecule has 2 unspecified atom stereocenters. The summed E-state index contributed by atoms with van der Waals surface area (Å²) in [5.41, 5.74) is -0.259. The predicted octanol–water partition coefficient (Wildman–Crippen LogP) is 3.94. The monoisotopic (exact) mass is 402 g/mol. The number of amides is 1. The van der Waals surface area contributed by atoms with Crippen LogP contribution in [0.3, 0.4) is 0 Å². The molecule has 0 bridgehead atoms. The van der Waals surface area contributed by atoms with Gasteiger partial charge in [0.1, 0.15) is 11.0 Å². The second-order valence-corrected chi connectivity index (χ2v) is 8.09. The molecule has 0 radical (unpaired) electrons. The lowest BCUT2D eigenvalue weighted by molar-refractivity contribution is -0.177. The zero-order chi connectivity index (χ0) is 20.2. The van der Waals surface area contributed by atoms with E-state index in [-0.39, 0.29) is 19.5 Å². The van der Waals surface area contributed by atoms with Crippen LogP contribution in [0.25, 0.3) is 0 Å². The summed E-state index contributed by atoms with van der Waals surface area (Å²) in [7, 11) is 0. The Labute approximate surface area is 160 Å². The van der Waals surface area contributed by atoms with Crippen molar-refractivity contribution in [2.24, 2.45) is 5.92 Å². The number of carbonyl (C=O) groups excluding carboxylic acids is 1. The number of alkyl halides is 3. The summed E-state index contributed by atoms with van der Waals surface area (Å²) in [5.74, 6) is -1.61. The lowest BCUT2D eigenvalue weighted by Crippen LogP contribution is -2.54. The fourth-order valence-electron chi connectivity index (χ4n) is 2.87. The Morgan fingerprint density at radius 1 is 1.41 bits per heavy atom. The number of alkyl carbamates (subject to hydrolysis) is 1. The van der Waals surface area contributed by atoms with Gasteiger partial charge in [0.05, 0.1) is 22.5 Å². The van der Waals surface area contributed by atoms with Gasteiger partial charge in [-0.3, -0.25) is 4.98 Å². The van der Waals surface area contributed by atoms with Crippen molar-refractivity contribution in [3.8, 4) is 5.40 Å². The first-order valence-corrected chi connectivity index (χ1v) is 9.12. The molecule has 1 amide bonds. The largest absolute Gasteiger partial charge is 0.444 e. The summed E-state index contributed by atoms with van der Waals surface area (Å²) in [6, 6.07) is 0.830. The number of nitrogens with one attached hydrogen (secondary N) is 1. The number of rotatable bonds is 3. The third kappa shape index (κ3) is 6.20. The van der Waals surface area contributed by atoms with Gasteiger partial charge in [0.2, 0.25) is 0 Å². The summed E-state index contributed by atoms with van der Waals surface area (Å²) in [6.45, 7) is 4.97. The molecule has 1 N–H and O–H groups in total. The van der Waals surface area contributed by atoms with E-state index in [2.05, 4.69) is 10.3 Å². The molecule has 2 atom stereocenters. The number of thioether (sulfide) groups is 1. The number of carbonyl (C=O) groups is 1. The van der Waals surface area contributed by atoms with Crippen molar-refractivity contribution in [1.82, 2.24) is 10.3 Å². The standard InChI is InChI=1S/C17H21F3N4O2S/c1-16(2,3)26-15(25)23-12-6-11(17(18,19)20)8-24(9-12)13-4-5-22-7-14(13)27-10-21/h4-5,7,11-12H,6,8-9H2,1-3H3,(H,23,25). The number of nitriles is 1. The van der Waals surface area contributed by atoms with Gasteiger partial charge in [-0.1, -0.05) is 0 Å². The summed E-state index contributed by atoms with van der Waals surface area (Å²) >= 11 is 0.835. The number of pyridine rings is 1. The van der Waals surface area contributed by atoms with Gasteiger partial charge in [-0.05, 0) is 45.0 Å². The second kappa shape index (κ2) is 8.25. The van der Waals surface area contributed by atoms with Gasteiger partial charge in [0.25, 0.3) is 0 Å². The topological polar surface area (TPSA) is 78.2 Å². The van der Waals surface area contributed by atoms with Crippen molar-refractivity contribution in [3.05, 3.63) is 18.5 Å². The third-order valence-corrected chi connectivity index (χ3v) is 4.52. The Hall–Kier alpha value is -2.15. The lowest BCUT2D eigenvalue weighted by atomic mass is 9.93. The minimum Gasteiger partial charge on any atom is -0.444 e. The molecule has 2 heterocycles. The molecular weight excluding hydrogens is 381 g/mol. The van der Waals surface area contributed by atoms with Crippen LogP contribution in [0.2, 0.25) is 0 Å². The number of halogens is 3. The number of hydrogen-bond donors (Lipinski definition) is 1. The molecule has 10 heteroatoms. The van der Waals surface area contributed by atoms with Crippen LogP contribution in [0, 0.1) is 16.6 Å². The van der Waals surface area contributed by atoms with Gasteiger partial charge in [0.15, 0.2) is 0 Å². The summed E-state index contributed by atoms with van der Waals surface area (Å²) in [6.07, 6.45) is -2.48. The van der Waals surface area contributed by atoms with Crippen LogP contribution < -0.4 is 10.2 Å². The molecule has 148 valence electrons. The number of hydrogen-bond acceptors (Lipinski definition) is 6.